The molecule has 2 rings (SSSR count). The number of hydrogen-bond donors (Lipinski definition) is 0. The normalized spacial score (nSPS) is 17.3. The highest BCUT2D eigenvalue weighted by Crippen LogP contribution is 2.37. The molecule has 0 radical (unpaired) electrons. The minimum Gasteiger partial charge on any atom is -0.442 e. The minimum atomic E-state index is -1.89. The quantitative estimate of drug-likeness (QED) is 0.470. The van der Waals surface area contributed by atoms with Crippen molar-refractivity contribution in [1.82, 2.24) is 4.90 Å². The van der Waals surface area contributed by atoms with E-state index in [1.54, 1.807) is 11.0 Å². The molecule has 1 aliphatic heterocycles. The summed E-state index contributed by atoms with van der Waals surface area (Å²) in [5.41, 5.74) is 0.143. The topological polar surface area (TPSA) is 38.8 Å². The molecule has 0 bridgehead atoms. The van der Waals surface area contributed by atoms with E-state index in [2.05, 4.69) is 33.9 Å². The van der Waals surface area contributed by atoms with E-state index in [4.69, 9.17) is 9.16 Å². The van der Waals surface area contributed by atoms with Crippen LogP contribution in [0.25, 0.3) is 0 Å². The maximum absolute atomic E-state index is 13.8. The van der Waals surface area contributed by atoms with E-state index < -0.39 is 13.9 Å². The van der Waals surface area contributed by atoms with Crippen molar-refractivity contribution in [2.45, 2.75) is 83.5 Å². The monoisotopic (exact) mass is 423 g/mol. The molecule has 1 heterocycles. The molecule has 1 aromatic rings. The van der Waals surface area contributed by atoms with Gasteiger partial charge >= 0.3 is 6.09 Å². The maximum Gasteiger partial charge on any atom is 0.410 e. The lowest BCUT2D eigenvalue weighted by Gasteiger charge is -2.39. The van der Waals surface area contributed by atoms with Gasteiger partial charge in [-0.05, 0) is 55.1 Å². The zero-order valence-corrected chi connectivity index (χ0v) is 20.0. The van der Waals surface area contributed by atoms with Gasteiger partial charge in [0.2, 0.25) is 0 Å². The highest BCUT2D eigenvalue weighted by Gasteiger charge is 2.39. The summed E-state index contributed by atoms with van der Waals surface area (Å²) < 4.78 is 26.3. The van der Waals surface area contributed by atoms with Crippen molar-refractivity contribution in [3.05, 3.63) is 35.6 Å². The van der Waals surface area contributed by atoms with Crippen LogP contribution in [0.5, 0.6) is 0 Å². The van der Waals surface area contributed by atoms with E-state index in [0.717, 1.165) is 31.5 Å². The first-order valence-electron chi connectivity index (χ1n) is 10.8. The Hall–Kier alpha value is -1.40. The smallest absolute Gasteiger partial charge is 0.410 e. The van der Waals surface area contributed by atoms with Crippen molar-refractivity contribution in [1.29, 1.82) is 0 Å². The van der Waals surface area contributed by atoms with Gasteiger partial charge in [-0.15, -0.1) is 0 Å². The zero-order chi connectivity index (χ0) is 21.7. The van der Waals surface area contributed by atoms with Crippen molar-refractivity contribution in [3.8, 4) is 0 Å². The Balaban J connectivity index is 2.17. The molecule has 4 nitrogen and oxygen atoms in total. The lowest BCUT2D eigenvalue weighted by molar-refractivity contribution is -0.0234. The molecule has 0 N–H and O–H groups in total. The van der Waals surface area contributed by atoms with Crippen LogP contribution in [0.15, 0.2) is 24.3 Å². The number of hydrogen-bond acceptors (Lipinski definition) is 3. The summed E-state index contributed by atoms with van der Waals surface area (Å²) in [4.78, 5) is 14.6. The predicted molar refractivity (Wildman–Crippen MR) is 118 cm³/mol. The molecule has 1 fully saturated rings. The van der Waals surface area contributed by atoms with Gasteiger partial charge in [-0.3, -0.25) is 0 Å². The van der Waals surface area contributed by atoms with Crippen LogP contribution in [0.4, 0.5) is 9.18 Å². The Morgan fingerprint density at radius 3 is 2.41 bits per heavy atom. The van der Waals surface area contributed by atoms with Crippen molar-refractivity contribution in [3.63, 3.8) is 0 Å². The van der Waals surface area contributed by atoms with Crippen LogP contribution in [-0.4, -0.2) is 44.6 Å². The average Bonchev–Trinajstić information content (AvgIpc) is 3.15. The highest BCUT2D eigenvalue weighted by atomic mass is 28.4. The third-order valence-corrected chi connectivity index (χ3v) is 11.1. The van der Waals surface area contributed by atoms with Crippen LogP contribution < -0.4 is 0 Å². The Labute approximate surface area is 176 Å². The van der Waals surface area contributed by atoms with E-state index in [9.17, 15) is 9.18 Å². The molecule has 1 aromatic carbocycles. The van der Waals surface area contributed by atoms with Crippen LogP contribution in [0.3, 0.4) is 0 Å². The van der Waals surface area contributed by atoms with Gasteiger partial charge in [0, 0.05) is 32.5 Å². The van der Waals surface area contributed by atoms with Crippen molar-refractivity contribution < 1.29 is 18.3 Å². The van der Waals surface area contributed by atoms with Crippen LogP contribution in [-0.2, 0) is 15.6 Å². The number of amides is 1. The zero-order valence-electron chi connectivity index (χ0n) is 19.0. The summed E-state index contributed by atoms with van der Waals surface area (Å²) in [5, 5.41) is 0.122. The number of carbonyl (C=O) groups excluding carboxylic acids is 1. The van der Waals surface area contributed by atoms with Gasteiger partial charge in [0.05, 0.1) is 0 Å². The van der Waals surface area contributed by atoms with Gasteiger partial charge in [-0.2, -0.15) is 0 Å². The van der Waals surface area contributed by atoms with Gasteiger partial charge in [-0.1, -0.05) is 39.8 Å². The van der Waals surface area contributed by atoms with Gasteiger partial charge in [0.15, 0.2) is 8.32 Å². The Morgan fingerprint density at radius 1 is 1.21 bits per heavy atom. The summed E-state index contributed by atoms with van der Waals surface area (Å²) in [6.45, 7) is 15.2. The number of halogens is 1. The average molecular weight is 424 g/mol. The summed E-state index contributed by atoms with van der Waals surface area (Å²) >= 11 is 0. The Kier molecular flexibility index (Phi) is 7.91. The molecule has 0 unspecified atom stereocenters. The molecule has 0 saturated carbocycles. The Morgan fingerprint density at radius 2 is 1.86 bits per heavy atom. The van der Waals surface area contributed by atoms with Gasteiger partial charge in [0.25, 0.3) is 0 Å². The number of likely N-dealkylation sites (tertiary alicyclic amines) is 1. The van der Waals surface area contributed by atoms with Crippen LogP contribution in [0.2, 0.25) is 18.1 Å². The fourth-order valence-corrected chi connectivity index (χ4v) is 4.47. The second-order valence-electron chi connectivity index (χ2n) is 9.76. The van der Waals surface area contributed by atoms with E-state index in [1.165, 1.54) is 12.1 Å². The second kappa shape index (κ2) is 9.60. The second-order valence-corrected chi connectivity index (χ2v) is 14.6. The third-order valence-electron chi connectivity index (χ3n) is 6.55. The van der Waals surface area contributed by atoms with E-state index in [1.807, 2.05) is 13.0 Å². The molecule has 0 spiro atoms. The number of rotatable bonds is 8. The van der Waals surface area contributed by atoms with E-state index in [0.29, 0.717) is 25.9 Å². The minimum absolute atomic E-state index is 0.122. The molecule has 0 aliphatic carbocycles. The first-order valence-corrected chi connectivity index (χ1v) is 13.8. The molecule has 29 heavy (non-hydrogen) atoms. The van der Waals surface area contributed by atoms with Crippen molar-refractivity contribution in [2.75, 3.05) is 19.7 Å². The number of nitrogens with zero attached hydrogens (tertiary/aromatic N) is 1. The number of benzene rings is 1. The van der Waals surface area contributed by atoms with E-state index in [-0.39, 0.29) is 16.9 Å². The summed E-state index contributed by atoms with van der Waals surface area (Å²) in [5.74, 6) is -0.268. The molecule has 164 valence electrons. The highest BCUT2D eigenvalue weighted by molar-refractivity contribution is 6.74. The largest absolute Gasteiger partial charge is 0.442 e. The molecular weight excluding hydrogens is 385 g/mol. The summed E-state index contributed by atoms with van der Waals surface area (Å²) in [6, 6.07) is 6.57. The van der Waals surface area contributed by atoms with Gasteiger partial charge in [0.1, 0.15) is 11.4 Å². The van der Waals surface area contributed by atoms with Crippen LogP contribution in [0, 0.1) is 5.82 Å². The lowest BCUT2D eigenvalue weighted by atomic mass is 9.88. The summed E-state index contributed by atoms with van der Waals surface area (Å²) in [6.07, 6.45) is 3.53. The fraction of sp³-hybridized carbons (Fsp3) is 0.696. The molecule has 0 aromatic heterocycles. The third kappa shape index (κ3) is 6.54. The molecule has 1 saturated heterocycles. The summed E-state index contributed by atoms with van der Waals surface area (Å²) in [7, 11) is -1.89. The van der Waals surface area contributed by atoms with Crippen molar-refractivity contribution in [2.24, 2.45) is 0 Å². The molecule has 6 heteroatoms. The SMILES string of the molecule is CC[C@](CCO[Si](C)(C)C(C)(C)C)(Cc1cccc(F)c1)OC(=O)N1CCCC1. The number of ether oxygens (including phenoxy) is 1. The first-order chi connectivity index (χ1) is 13.5. The predicted octanol–water partition coefficient (Wildman–Crippen LogP) is 6.16. The van der Waals surface area contributed by atoms with E-state index >= 15 is 0 Å². The van der Waals surface area contributed by atoms with Gasteiger partial charge in [-0.25, -0.2) is 9.18 Å². The lowest BCUT2D eigenvalue weighted by Crippen LogP contribution is -2.45. The van der Waals surface area contributed by atoms with Crippen LogP contribution >= 0.6 is 0 Å². The Bertz CT molecular complexity index is 683. The number of carbonyl (C=O) groups is 1. The first kappa shape index (κ1) is 23.9. The fourth-order valence-electron chi connectivity index (χ4n) is 3.43. The maximum atomic E-state index is 13.8. The van der Waals surface area contributed by atoms with Crippen molar-refractivity contribution >= 4 is 14.4 Å². The molecule has 1 amide bonds. The molecule has 1 aliphatic rings. The molecular formula is C23H38FNO3Si. The molecule has 1 atom stereocenters. The van der Waals surface area contributed by atoms with Crippen LogP contribution in [0.1, 0.15) is 58.9 Å². The standard InChI is InChI=1S/C23H38FNO3Si/c1-7-23(18-19-11-10-12-20(24)17-19,28-21(26)25-14-8-9-15-25)13-16-27-29(5,6)22(2,3)4/h10-12,17H,7-9,13-16,18H2,1-6H3/t23-/m0/s1. The van der Waals surface area contributed by atoms with Gasteiger partial charge < -0.3 is 14.1 Å².